The van der Waals surface area contributed by atoms with Gasteiger partial charge in [-0.3, -0.25) is 15.1 Å². The first-order valence-electron chi connectivity index (χ1n) is 8.83. The Kier molecular flexibility index (Phi) is 4.72. The van der Waals surface area contributed by atoms with Crippen molar-refractivity contribution < 1.29 is 9.66 Å². The molecule has 0 unspecified atom stereocenters. The van der Waals surface area contributed by atoms with Crippen LogP contribution in [0.5, 0.6) is 5.75 Å². The molecule has 0 amide bonds. The fourth-order valence-electron chi connectivity index (χ4n) is 3.03. The average Bonchev–Trinajstić information content (AvgIpc) is 3.10. The minimum atomic E-state index is -0.421. The molecule has 0 spiro atoms. The Labute approximate surface area is 161 Å². The van der Waals surface area contributed by atoms with Crippen molar-refractivity contribution in [2.24, 2.45) is 0 Å². The first kappa shape index (κ1) is 17.7. The van der Waals surface area contributed by atoms with E-state index in [1.54, 1.807) is 12.4 Å². The predicted octanol–water partition coefficient (Wildman–Crippen LogP) is 4.28. The van der Waals surface area contributed by atoms with E-state index in [4.69, 9.17) is 4.74 Å². The number of hydrogen-bond donors (Lipinski definition) is 0. The topological polar surface area (TPSA) is 83.1 Å². The van der Waals surface area contributed by atoms with Crippen molar-refractivity contribution in [3.8, 4) is 5.75 Å². The second-order valence-electron chi connectivity index (χ2n) is 6.47. The summed E-state index contributed by atoms with van der Waals surface area (Å²) in [5.41, 5.74) is 4.17. The highest BCUT2D eigenvalue weighted by Gasteiger charge is 2.13. The normalized spacial score (nSPS) is 10.9. The van der Waals surface area contributed by atoms with Crippen LogP contribution in [0.4, 0.5) is 5.69 Å². The maximum absolute atomic E-state index is 11.0. The van der Waals surface area contributed by atoms with Crippen molar-refractivity contribution in [1.82, 2.24) is 14.5 Å². The minimum absolute atomic E-state index is 0.0262. The second-order valence-corrected chi connectivity index (χ2v) is 6.47. The summed E-state index contributed by atoms with van der Waals surface area (Å²) in [6, 6.07) is 18.4. The molecule has 2 aromatic heterocycles. The van der Waals surface area contributed by atoms with Crippen LogP contribution >= 0.6 is 0 Å². The summed E-state index contributed by atoms with van der Waals surface area (Å²) in [5, 5.41) is 11.0. The first-order chi connectivity index (χ1) is 13.6. The van der Waals surface area contributed by atoms with E-state index >= 15 is 0 Å². The molecule has 0 aliphatic heterocycles. The van der Waals surface area contributed by atoms with Crippen LogP contribution in [-0.2, 0) is 13.2 Å². The molecule has 140 valence electrons. The fourth-order valence-corrected chi connectivity index (χ4v) is 3.03. The SMILES string of the molecule is Cc1ccc(OCc2ccccc2)c(Cn2cnc3cc([N+](=O)[O-])ccc32)n1. The van der Waals surface area contributed by atoms with Crippen molar-refractivity contribution >= 4 is 16.7 Å². The molecule has 0 saturated heterocycles. The molecule has 4 aromatic rings. The maximum Gasteiger partial charge on any atom is 0.271 e. The standard InChI is InChI=1S/C21H18N4O3/c1-15-7-10-21(28-13-16-5-3-2-4-6-16)19(23-15)12-24-14-22-18-11-17(25(26)27)8-9-20(18)24/h2-11,14H,12-13H2,1H3. The molecule has 0 aliphatic carbocycles. The van der Waals surface area contributed by atoms with Crippen molar-refractivity contribution in [1.29, 1.82) is 0 Å². The molecule has 0 atom stereocenters. The van der Waals surface area contributed by atoms with Crippen molar-refractivity contribution in [2.45, 2.75) is 20.1 Å². The van der Waals surface area contributed by atoms with Crippen LogP contribution in [0.15, 0.2) is 67.0 Å². The Morgan fingerprint density at radius 3 is 2.71 bits per heavy atom. The van der Waals surface area contributed by atoms with Crippen molar-refractivity contribution in [3.63, 3.8) is 0 Å². The third kappa shape index (κ3) is 3.68. The van der Waals surface area contributed by atoms with Crippen LogP contribution < -0.4 is 4.74 Å². The average molecular weight is 374 g/mol. The summed E-state index contributed by atoms with van der Waals surface area (Å²) in [7, 11) is 0. The maximum atomic E-state index is 11.0. The van der Waals surface area contributed by atoms with Gasteiger partial charge < -0.3 is 9.30 Å². The van der Waals surface area contributed by atoms with Crippen LogP contribution in [0.1, 0.15) is 17.0 Å². The highest BCUT2D eigenvalue weighted by Crippen LogP contribution is 2.24. The predicted molar refractivity (Wildman–Crippen MR) is 105 cm³/mol. The molecule has 0 fully saturated rings. The van der Waals surface area contributed by atoms with E-state index in [1.807, 2.05) is 54.0 Å². The van der Waals surface area contributed by atoms with E-state index < -0.39 is 4.92 Å². The van der Waals surface area contributed by atoms with Gasteiger partial charge in [-0.05, 0) is 30.7 Å². The van der Waals surface area contributed by atoms with Crippen LogP contribution in [0.3, 0.4) is 0 Å². The Morgan fingerprint density at radius 1 is 1.11 bits per heavy atom. The van der Waals surface area contributed by atoms with E-state index in [0.717, 1.165) is 22.5 Å². The van der Waals surface area contributed by atoms with Crippen LogP contribution in [0, 0.1) is 17.0 Å². The second kappa shape index (κ2) is 7.48. The molecule has 0 saturated carbocycles. The Balaban J connectivity index is 1.61. The summed E-state index contributed by atoms with van der Waals surface area (Å²) in [6.07, 6.45) is 1.67. The fraction of sp³-hybridized carbons (Fsp3) is 0.143. The number of nitro benzene ring substituents is 1. The minimum Gasteiger partial charge on any atom is -0.487 e. The lowest BCUT2D eigenvalue weighted by atomic mass is 10.2. The lowest BCUT2D eigenvalue weighted by molar-refractivity contribution is -0.384. The molecule has 2 heterocycles. The largest absolute Gasteiger partial charge is 0.487 e. The Bertz CT molecular complexity index is 1140. The number of fused-ring (bicyclic) bond motifs is 1. The molecule has 0 N–H and O–H groups in total. The van der Waals surface area contributed by atoms with Gasteiger partial charge >= 0.3 is 0 Å². The lowest BCUT2D eigenvalue weighted by Gasteiger charge is -2.12. The highest BCUT2D eigenvalue weighted by molar-refractivity contribution is 5.78. The van der Waals surface area contributed by atoms with Crippen LogP contribution in [0.2, 0.25) is 0 Å². The summed E-state index contributed by atoms with van der Waals surface area (Å²) in [4.78, 5) is 19.5. The summed E-state index contributed by atoms with van der Waals surface area (Å²) in [6.45, 7) is 2.84. The van der Waals surface area contributed by atoms with Gasteiger partial charge in [0, 0.05) is 17.8 Å². The number of non-ortho nitro benzene ring substituents is 1. The Hall–Kier alpha value is -3.74. The smallest absolute Gasteiger partial charge is 0.271 e. The molecule has 0 aliphatic rings. The summed E-state index contributed by atoms with van der Waals surface area (Å²) >= 11 is 0. The lowest BCUT2D eigenvalue weighted by Crippen LogP contribution is -2.06. The molecule has 0 radical (unpaired) electrons. The number of nitrogens with zero attached hydrogens (tertiary/aromatic N) is 4. The highest BCUT2D eigenvalue weighted by atomic mass is 16.6. The van der Waals surface area contributed by atoms with Gasteiger partial charge in [0.1, 0.15) is 18.1 Å². The zero-order valence-electron chi connectivity index (χ0n) is 15.3. The number of rotatable bonds is 6. The van der Waals surface area contributed by atoms with Gasteiger partial charge in [-0.15, -0.1) is 0 Å². The van der Waals surface area contributed by atoms with E-state index in [-0.39, 0.29) is 5.69 Å². The molecule has 4 rings (SSSR count). The van der Waals surface area contributed by atoms with E-state index in [9.17, 15) is 10.1 Å². The third-order valence-corrected chi connectivity index (χ3v) is 4.44. The number of hydrogen-bond acceptors (Lipinski definition) is 5. The van der Waals surface area contributed by atoms with E-state index in [0.29, 0.717) is 24.4 Å². The third-order valence-electron chi connectivity index (χ3n) is 4.44. The number of pyridine rings is 1. The molecule has 7 heteroatoms. The number of benzene rings is 2. The number of imidazole rings is 1. The number of ether oxygens (including phenoxy) is 1. The van der Waals surface area contributed by atoms with Crippen LogP contribution in [0.25, 0.3) is 11.0 Å². The van der Waals surface area contributed by atoms with E-state index in [2.05, 4.69) is 9.97 Å². The molecular formula is C21H18N4O3. The number of aromatic nitrogens is 3. The van der Waals surface area contributed by atoms with Gasteiger partial charge in [0.2, 0.25) is 0 Å². The van der Waals surface area contributed by atoms with Gasteiger partial charge in [-0.25, -0.2) is 4.98 Å². The zero-order valence-corrected chi connectivity index (χ0v) is 15.3. The van der Waals surface area contributed by atoms with Gasteiger partial charge in [-0.2, -0.15) is 0 Å². The molecule has 2 aromatic carbocycles. The van der Waals surface area contributed by atoms with Gasteiger partial charge in [0.05, 0.1) is 28.8 Å². The Morgan fingerprint density at radius 2 is 1.93 bits per heavy atom. The van der Waals surface area contributed by atoms with E-state index in [1.165, 1.54) is 12.1 Å². The van der Waals surface area contributed by atoms with Crippen LogP contribution in [-0.4, -0.2) is 19.5 Å². The summed E-state index contributed by atoms with van der Waals surface area (Å²) < 4.78 is 7.92. The monoisotopic (exact) mass is 374 g/mol. The van der Waals surface area contributed by atoms with Gasteiger partial charge in [0.15, 0.2) is 0 Å². The van der Waals surface area contributed by atoms with Gasteiger partial charge in [-0.1, -0.05) is 30.3 Å². The molecule has 0 bridgehead atoms. The molecule has 28 heavy (non-hydrogen) atoms. The van der Waals surface area contributed by atoms with Gasteiger partial charge in [0.25, 0.3) is 5.69 Å². The summed E-state index contributed by atoms with van der Waals surface area (Å²) in [5.74, 6) is 0.707. The zero-order chi connectivity index (χ0) is 19.5. The van der Waals surface area contributed by atoms with Crippen molar-refractivity contribution in [3.05, 3.63) is 94.1 Å². The number of aryl methyl sites for hydroxylation is 1. The molecule has 7 nitrogen and oxygen atoms in total. The van der Waals surface area contributed by atoms with Crippen molar-refractivity contribution in [2.75, 3.05) is 0 Å². The number of nitro groups is 1. The molecular weight excluding hydrogens is 356 g/mol. The first-order valence-corrected chi connectivity index (χ1v) is 8.83. The quantitative estimate of drug-likeness (QED) is 0.372.